The van der Waals surface area contributed by atoms with E-state index in [1.807, 2.05) is 0 Å². The van der Waals surface area contributed by atoms with Crippen LogP contribution in [0.2, 0.25) is 0 Å². The molecule has 1 heterocycles. The van der Waals surface area contributed by atoms with Gasteiger partial charge in [-0.1, -0.05) is 103 Å². The second-order valence-electron chi connectivity index (χ2n) is 10.0. The Kier molecular flexibility index (Phi) is 13.7. The Balaban J connectivity index is 1.41. The van der Waals surface area contributed by atoms with Gasteiger partial charge in [0, 0.05) is 18.2 Å². The normalized spacial score (nSPS) is 14.0. The van der Waals surface area contributed by atoms with Crippen LogP contribution < -0.4 is 5.32 Å². The molecule has 1 aromatic heterocycles. The van der Waals surface area contributed by atoms with Gasteiger partial charge in [-0.05, 0) is 25.3 Å². The Morgan fingerprint density at radius 2 is 1.35 bits per heavy atom. The van der Waals surface area contributed by atoms with Gasteiger partial charge in [0.15, 0.2) is 5.69 Å². The molecule has 0 unspecified atom stereocenters. The molecule has 0 aliphatic heterocycles. The van der Waals surface area contributed by atoms with Crippen LogP contribution in [0.4, 0.5) is 13.2 Å². The summed E-state index contributed by atoms with van der Waals surface area (Å²) in [4.78, 5) is 12.2. The Morgan fingerprint density at radius 3 is 1.79 bits per heavy atom. The molecule has 34 heavy (non-hydrogen) atoms. The number of carbonyl (C=O) groups excluding carboxylic acids is 1. The van der Waals surface area contributed by atoms with E-state index in [4.69, 9.17) is 0 Å². The third kappa shape index (κ3) is 12.3. The molecule has 196 valence electrons. The third-order valence-corrected chi connectivity index (χ3v) is 6.74. The minimum atomic E-state index is -4.47. The number of unbranched alkanes of at least 4 members (excludes halogenated alkanes) is 15. The van der Waals surface area contributed by atoms with Crippen LogP contribution in [0.3, 0.4) is 0 Å². The predicted molar refractivity (Wildman–Crippen MR) is 132 cm³/mol. The van der Waals surface area contributed by atoms with E-state index >= 15 is 0 Å². The van der Waals surface area contributed by atoms with Crippen molar-refractivity contribution in [2.45, 2.75) is 141 Å². The molecule has 2 rings (SSSR count). The molecule has 0 bridgehead atoms. The zero-order valence-electron chi connectivity index (χ0n) is 21.2. The Morgan fingerprint density at radius 1 is 0.882 bits per heavy atom. The van der Waals surface area contributed by atoms with Gasteiger partial charge < -0.3 is 5.32 Å². The largest absolute Gasteiger partial charge is 0.435 e. The zero-order chi connectivity index (χ0) is 24.7. The summed E-state index contributed by atoms with van der Waals surface area (Å²) in [6.07, 6.45) is 18.1. The first-order valence-electron chi connectivity index (χ1n) is 13.8. The molecule has 0 radical (unpaired) electrons. The maximum atomic E-state index is 13.0. The minimum absolute atomic E-state index is 0.108. The molecular formula is C27H46F3N3O. The number of rotatable bonds is 20. The lowest BCUT2D eigenvalue weighted by Gasteiger charge is -2.08. The molecule has 1 saturated carbocycles. The van der Waals surface area contributed by atoms with Gasteiger partial charge in [-0.3, -0.25) is 9.48 Å². The van der Waals surface area contributed by atoms with Crippen molar-refractivity contribution in [2.24, 2.45) is 0 Å². The van der Waals surface area contributed by atoms with Crippen molar-refractivity contribution in [3.05, 3.63) is 17.5 Å². The van der Waals surface area contributed by atoms with Gasteiger partial charge in [0.2, 0.25) is 5.91 Å². The molecule has 0 atom stereocenters. The SMILES string of the molecule is CCCCCCCCCCCCCCCCCCNC(=O)Cn1nc(C(F)(F)F)cc1C1CC1. The lowest BCUT2D eigenvalue weighted by Crippen LogP contribution is -2.29. The van der Waals surface area contributed by atoms with Gasteiger partial charge in [0.05, 0.1) is 0 Å². The first-order chi connectivity index (χ1) is 16.4. The van der Waals surface area contributed by atoms with Crippen LogP contribution in [0.15, 0.2) is 6.07 Å². The number of carbonyl (C=O) groups is 1. The number of nitrogens with zero attached hydrogens (tertiary/aromatic N) is 2. The fourth-order valence-electron chi connectivity index (χ4n) is 4.50. The van der Waals surface area contributed by atoms with Crippen LogP contribution in [0, 0.1) is 0 Å². The lowest BCUT2D eigenvalue weighted by atomic mass is 10.0. The number of alkyl halides is 3. The standard InChI is InChI=1S/C27H46F3N3O/c1-2-3-4-5-6-7-8-9-10-11-12-13-14-15-16-17-20-31-26(34)22-33-24(23-18-19-23)21-25(32-33)27(28,29)30/h21,23H,2-20,22H2,1H3,(H,31,34). The highest BCUT2D eigenvalue weighted by Gasteiger charge is 2.38. The number of amides is 1. The fourth-order valence-corrected chi connectivity index (χ4v) is 4.50. The minimum Gasteiger partial charge on any atom is -0.354 e. The van der Waals surface area contributed by atoms with Crippen LogP contribution in [0.1, 0.15) is 140 Å². The van der Waals surface area contributed by atoms with E-state index in [0.29, 0.717) is 12.2 Å². The average Bonchev–Trinajstić information content (AvgIpc) is 3.54. The summed E-state index contributed by atoms with van der Waals surface area (Å²) in [6.45, 7) is 2.70. The van der Waals surface area contributed by atoms with E-state index in [-0.39, 0.29) is 18.4 Å². The maximum absolute atomic E-state index is 13.0. The van der Waals surface area contributed by atoms with Crippen molar-refractivity contribution in [3.63, 3.8) is 0 Å². The molecule has 1 fully saturated rings. The second-order valence-corrected chi connectivity index (χ2v) is 10.0. The summed E-state index contributed by atoms with van der Waals surface area (Å²) >= 11 is 0. The van der Waals surface area contributed by atoms with E-state index in [1.54, 1.807) is 0 Å². The molecule has 1 N–H and O–H groups in total. The monoisotopic (exact) mass is 485 g/mol. The molecule has 7 heteroatoms. The van der Waals surface area contributed by atoms with Crippen molar-refractivity contribution < 1.29 is 18.0 Å². The quantitative estimate of drug-likeness (QED) is 0.189. The summed E-state index contributed by atoms with van der Waals surface area (Å²) in [5, 5.41) is 6.48. The van der Waals surface area contributed by atoms with Gasteiger partial charge in [-0.25, -0.2) is 0 Å². The van der Waals surface area contributed by atoms with Crippen molar-refractivity contribution in [3.8, 4) is 0 Å². The Hall–Kier alpha value is -1.53. The van der Waals surface area contributed by atoms with E-state index in [2.05, 4.69) is 17.3 Å². The Bertz CT molecular complexity index is 683. The summed E-state index contributed by atoms with van der Waals surface area (Å²) in [7, 11) is 0. The molecule has 1 aliphatic carbocycles. The van der Waals surface area contributed by atoms with Gasteiger partial charge in [0.1, 0.15) is 6.54 Å². The van der Waals surface area contributed by atoms with Gasteiger partial charge >= 0.3 is 6.18 Å². The smallest absolute Gasteiger partial charge is 0.354 e. The van der Waals surface area contributed by atoms with E-state index in [9.17, 15) is 18.0 Å². The molecule has 1 amide bonds. The molecule has 0 aromatic carbocycles. The number of nitrogens with one attached hydrogen (secondary N) is 1. The molecule has 0 saturated heterocycles. The summed E-state index contributed by atoms with van der Waals surface area (Å²) in [6, 6.07) is 1.10. The summed E-state index contributed by atoms with van der Waals surface area (Å²) in [5.41, 5.74) is -0.370. The highest BCUT2D eigenvalue weighted by atomic mass is 19.4. The molecule has 1 aromatic rings. The first kappa shape index (κ1) is 28.7. The fraction of sp³-hybridized carbons (Fsp3) is 0.852. The number of hydrogen-bond acceptors (Lipinski definition) is 2. The summed E-state index contributed by atoms with van der Waals surface area (Å²) < 4.78 is 40.1. The molecule has 4 nitrogen and oxygen atoms in total. The number of hydrogen-bond donors (Lipinski definition) is 1. The lowest BCUT2D eigenvalue weighted by molar-refractivity contribution is -0.141. The van der Waals surface area contributed by atoms with E-state index in [0.717, 1.165) is 31.7 Å². The third-order valence-electron chi connectivity index (χ3n) is 6.74. The van der Waals surface area contributed by atoms with Crippen molar-refractivity contribution in [2.75, 3.05) is 6.54 Å². The van der Waals surface area contributed by atoms with Crippen LogP contribution >= 0.6 is 0 Å². The summed E-state index contributed by atoms with van der Waals surface area (Å²) in [5.74, 6) is -0.156. The van der Waals surface area contributed by atoms with Crippen LogP contribution in [0.25, 0.3) is 0 Å². The predicted octanol–water partition coefficient (Wildman–Crippen LogP) is 8.16. The van der Waals surface area contributed by atoms with Crippen molar-refractivity contribution in [1.82, 2.24) is 15.1 Å². The Labute approximate surface area is 204 Å². The van der Waals surface area contributed by atoms with E-state index < -0.39 is 11.9 Å². The zero-order valence-corrected chi connectivity index (χ0v) is 21.2. The second kappa shape index (κ2) is 16.2. The van der Waals surface area contributed by atoms with Gasteiger partial charge in [-0.2, -0.15) is 18.3 Å². The first-order valence-corrected chi connectivity index (χ1v) is 13.8. The molecule has 1 aliphatic rings. The highest BCUT2D eigenvalue weighted by Crippen LogP contribution is 2.42. The number of halogens is 3. The van der Waals surface area contributed by atoms with Crippen LogP contribution in [0.5, 0.6) is 0 Å². The van der Waals surface area contributed by atoms with Crippen LogP contribution in [-0.2, 0) is 17.5 Å². The number of aromatic nitrogens is 2. The molecule has 0 spiro atoms. The van der Waals surface area contributed by atoms with Crippen molar-refractivity contribution >= 4 is 5.91 Å². The van der Waals surface area contributed by atoms with Gasteiger partial charge in [0.25, 0.3) is 0 Å². The average molecular weight is 486 g/mol. The van der Waals surface area contributed by atoms with Crippen molar-refractivity contribution in [1.29, 1.82) is 0 Å². The van der Waals surface area contributed by atoms with Crippen LogP contribution in [-0.4, -0.2) is 22.2 Å². The maximum Gasteiger partial charge on any atom is 0.435 e. The highest BCUT2D eigenvalue weighted by molar-refractivity contribution is 5.75. The molecular weight excluding hydrogens is 439 g/mol. The topological polar surface area (TPSA) is 46.9 Å². The van der Waals surface area contributed by atoms with Gasteiger partial charge in [-0.15, -0.1) is 0 Å². The van der Waals surface area contributed by atoms with E-state index in [1.165, 1.54) is 94.6 Å².